The van der Waals surface area contributed by atoms with Crippen LogP contribution >= 0.6 is 0 Å². The van der Waals surface area contributed by atoms with Gasteiger partial charge < -0.3 is 15.1 Å². The van der Waals surface area contributed by atoms with Gasteiger partial charge in [0.1, 0.15) is 0 Å². The van der Waals surface area contributed by atoms with E-state index in [4.69, 9.17) is 0 Å². The first-order chi connectivity index (χ1) is 9.15. The van der Waals surface area contributed by atoms with Crippen molar-refractivity contribution in [2.45, 2.75) is 32.5 Å². The number of nitrogens with one attached hydrogen (secondary N) is 1. The van der Waals surface area contributed by atoms with E-state index in [0.717, 1.165) is 31.9 Å². The number of hydrogen-bond acceptors (Lipinski definition) is 3. The zero-order chi connectivity index (χ0) is 13.4. The Hall–Kier alpha value is -1.56. The summed E-state index contributed by atoms with van der Waals surface area (Å²) in [5, 5.41) is 7.85. The molecule has 2 amide bonds. The maximum absolute atomic E-state index is 12.3. The Kier molecular flexibility index (Phi) is 3.18. The summed E-state index contributed by atoms with van der Waals surface area (Å²) in [5.74, 6) is 0. The van der Waals surface area contributed by atoms with E-state index in [1.54, 1.807) is 0 Å². The minimum Gasteiger partial charge on any atom is -0.317 e. The highest BCUT2D eigenvalue weighted by Gasteiger charge is 2.38. The Morgan fingerprint density at radius 2 is 2.37 bits per heavy atom. The van der Waals surface area contributed by atoms with Crippen LogP contribution in [-0.4, -0.2) is 57.8 Å². The van der Waals surface area contributed by atoms with Crippen molar-refractivity contribution >= 4 is 6.03 Å². The second-order valence-electron chi connectivity index (χ2n) is 5.60. The van der Waals surface area contributed by atoms with Crippen LogP contribution in [0.3, 0.4) is 0 Å². The van der Waals surface area contributed by atoms with Crippen LogP contribution in [0.5, 0.6) is 0 Å². The summed E-state index contributed by atoms with van der Waals surface area (Å²) in [7, 11) is 0. The fourth-order valence-corrected chi connectivity index (χ4v) is 2.77. The van der Waals surface area contributed by atoms with Crippen molar-refractivity contribution in [1.82, 2.24) is 24.9 Å². The quantitative estimate of drug-likeness (QED) is 0.872. The second kappa shape index (κ2) is 4.85. The number of hydrogen-bond donors (Lipinski definition) is 1. The number of aromatic nitrogens is 2. The van der Waals surface area contributed by atoms with Gasteiger partial charge >= 0.3 is 6.03 Å². The summed E-state index contributed by atoms with van der Waals surface area (Å²) >= 11 is 0. The van der Waals surface area contributed by atoms with Gasteiger partial charge in [-0.25, -0.2) is 4.79 Å². The average Bonchev–Trinajstić information content (AvgIpc) is 2.97. The summed E-state index contributed by atoms with van der Waals surface area (Å²) < 4.78 is 1.94. The zero-order valence-electron chi connectivity index (χ0n) is 11.5. The molecule has 104 valence electrons. The summed E-state index contributed by atoms with van der Waals surface area (Å²) in [6, 6.07) is 2.85. The predicted molar refractivity (Wildman–Crippen MR) is 71.8 cm³/mol. The van der Waals surface area contributed by atoms with Crippen LogP contribution in [0.4, 0.5) is 4.79 Å². The van der Waals surface area contributed by atoms with Crippen LogP contribution < -0.4 is 5.32 Å². The number of nitrogens with zero attached hydrogens (tertiary/aromatic N) is 4. The molecule has 3 rings (SSSR count). The van der Waals surface area contributed by atoms with Crippen molar-refractivity contribution in [3.05, 3.63) is 18.0 Å². The Bertz CT molecular complexity index is 469. The lowest BCUT2D eigenvalue weighted by atomic mass is 10.2. The molecule has 0 spiro atoms. The molecular weight excluding hydrogens is 242 g/mol. The molecule has 1 N–H and O–H groups in total. The van der Waals surface area contributed by atoms with E-state index in [2.05, 4.69) is 24.3 Å². The average molecular weight is 263 g/mol. The van der Waals surface area contributed by atoms with Gasteiger partial charge in [-0.05, 0) is 19.9 Å². The smallest absolute Gasteiger partial charge is 0.317 e. The number of urea groups is 1. The van der Waals surface area contributed by atoms with E-state index in [-0.39, 0.29) is 6.03 Å². The SMILES string of the molecule is CC(C)n1ccc(CN2CC3CNCCN3C2=O)n1. The molecule has 1 aromatic rings. The minimum absolute atomic E-state index is 0.158. The van der Waals surface area contributed by atoms with Gasteiger partial charge in [-0.3, -0.25) is 4.68 Å². The van der Waals surface area contributed by atoms with Crippen molar-refractivity contribution in [3.63, 3.8) is 0 Å². The van der Waals surface area contributed by atoms with Gasteiger partial charge in [0.05, 0.1) is 18.3 Å². The van der Waals surface area contributed by atoms with Crippen molar-refractivity contribution in [2.75, 3.05) is 26.2 Å². The topological polar surface area (TPSA) is 53.4 Å². The van der Waals surface area contributed by atoms with E-state index >= 15 is 0 Å². The molecule has 2 saturated heterocycles. The molecule has 2 fully saturated rings. The van der Waals surface area contributed by atoms with Gasteiger partial charge in [0.15, 0.2) is 0 Å². The monoisotopic (exact) mass is 263 g/mol. The van der Waals surface area contributed by atoms with E-state index in [9.17, 15) is 4.79 Å². The van der Waals surface area contributed by atoms with Gasteiger partial charge in [0.2, 0.25) is 0 Å². The number of piperazine rings is 1. The molecule has 1 aromatic heterocycles. The molecule has 0 radical (unpaired) electrons. The number of amides is 2. The summed E-state index contributed by atoms with van der Waals surface area (Å²) in [6.07, 6.45) is 1.98. The molecule has 1 unspecified atom stereocenters. The lowest BCUT2D eigenvalue weighted by molar-refractivity contribution is 0.178. The number of carbonyl (C=O) groups is 1. The van der Waals surface area contributed by atoms with Gasteiger partial charge in [-0.1, -0.05) is 0 Å². The Labute approximate surface area is 113 Å². The van der Waals surface area contributed by atoms with E-state index in [1.807, 2.05) is 26.7 Å². The van der Waals surface area contributed by atoms with Gasteiger partial charge in [0, 0.05) is 38.4 Å². The van der Waals surface area contributed by atoms with Crippen LogP contribution in [0.25, 0.3) is 0 Å². The van der Waals surface area contributed by atoms with Crippen LogP contribution in [0.2, 0.25) is 0 Å². The molecule has 0 aromatic carbocycles. The zero-order valence-corrected chi connectivity index (χ0v) is 11.5. The van der Waals surface area contributed by atoms with Gasteiger partial charge in [-0.15, -0.1) is 0 Å². The molecule has 0 saturated carbocycles. The summed E-state index contributed by atoms with van der Waals surface area (Å²) in [4.78, 5) is 16.2. The highest BCUT2D eigenvalue weighted by Crippen LogP contribution is 2.19. The third-order valence-electron chi connectivity index (χ3n) is 3.84. The normalized spacial score (nSPS) is 23.3. The van der Waals surface area contributed by atoms with Crippen molar-refractivity contribution in [2.24, 2.45) is 0 Å². The number of rotatable bonds is 3. The molecule has 2 aliphatic rings. The molecule has 19 heavy (non-hydrogen) atoms. The fraction of sp³-hybridized carbons (Fsp3) is 0.692. The third kappa shape index (κ3) is 2.32. The lowest BCUT2D eigenvalue weighted by Gasteiger charge is -2.28. The molecule has 0 aliphatic carbocycles. The van der Waals surface area contributed by atoms with E-state index in [1.165, 1.54) is 0 Å². The summed E-state index contributed by atoms with van der Waals surface area (Å²) in [5.41, 5.74) is 0.967. The van der Waals surface area contributed by atoms with Crippen molar-refractivity contribution in [3.8, 4) is 0 Å². The Morgan fingerprint density at radius 1 is 1.53 bits per heavy atom. The molecule has 6 heteroatoms. The predicted octanol–water partition coefficient (Wildman–Crippen LogP) is 0.673. The number of carbonyl (C=O) groups excluding carboxylic acids is 1. The Morgan fingerprint density at radius 3 is 3.05 bits per heavy atom. The molecule has 3 heterocycles. The standard InChI is InChI=1S/C13H21N5O/c1-10(2)18-5-3-11(15-18)8-16-9-12-7-14-4-6-17(12)13(16)19/h3,5,10,12,14H,4,6-9H2,1-2H3. The maximum atomic E-state index is 12.3. The largest absolute Gasteiger partial charge is 0.320 e. The maximum Gasteiger partial charge on any atom is 0.320 e. The molecule has 0 bridgehead atoms. The Balaban J connectivity index is 1.68. The molecular formula is C13H21N5O. The van der Waals surface area contributed by atoms with Crippen LogP contribution in [0.15, 0.2) is 12.3 Å². The first-order valence-corrected chi connectivity index (χ1v) is 6.95. The van der Waals surface area contributed by atoms with Crippen LogP contribution in [-0.2, 0) is 6.54 Å². The van der Waals surface area contributed by atoms with Gasteiger partial charge in [0.25, 0.3) is 0 Å². The van der Waals surface area contributed by atoms with Crippen LogP contribution in [0.1, 0.15) is 25.6 Å². The highest BCUT2D eigenvalue weighted by molar-refractivity contribution is 5.77. The molecule has 2 aliphatic heterocycles. The fourth-order valence-electron chi connectivity index (χ4n) is 2.77. The molecule has 6 nitrogen and oxygen atoms in total. The summed E-state index contributed by atoms with van der Waals surface area (Å²) in [6.45, 7) is 8.25. The van der Waals surface area contributed by atoms with Crippen molar-refractivity contribution < 1.29 is 4.79 Å². The number of fused-ring (bicyclic) bond motifs is 1. The van der Waals surface area contributed by atoms with Crippen LogP contribution in [0, 0.1) is 0 Å². The first-order valence-electron chi connectivity index (χ1n) is 6.95. The first kappa shape index (κ1) is 12.5. The van der Waals surface area contributed by atoms with Crippen molar-refractivity contribution in [1.29, 1.82) is 0 Å². The molecule has 1 atom stereocenters. The highest BCUT2D eigenvalue weighted by atomic mass is 16.2. The minimum atomic E-state index is 0.158. The lowest BCUT2D eigenvalue weighted by Crippen LogP contribution is -2.49. The third-order valence-corrected chi connectivity index (χ3v) is 3.84. The van der Waals surface area contributed by atoms with E-state index < -0.39 is 0 Å². The van der Waals surface area contributed by atoms with E-state index in [0.29, 0.717) is 18.6 Å². The van der Waals surface area contributed by atoms with Gasteiger partial charge in [-0.2, -0.15) is 5.10 Å². The second-order valence-corrected chi connectivity index (χ2v) is 5.60.